The number of hydrogen-bond acceptors (Lipinski definition) is 4. The molecule has 1 unspecified atom stereocenters. The van der Waals surface area contributed by atoms with Crippen LogP contribution in [0.5, 0.6) is 11.5 Å². The van der Waals surface area contributed by atoms with Crippen molar-refractivity contribution in [2.24, 2.45) is 5.73 Å². The summed E-state index contributed by atoms with van der Waals surface area (Å²) in [4.78, 5) is 36.4. The van der Waals surface area contributed by atoms with Crippen molar-refractivity contribution in [1.82, 2.24) is 10.2 Å². The average molecular weight is 399 g/mol. The van der Waals surface area contributed by atoms with E-state index in [1.54, 1.807) is 24.3 Å². The Morgan fingerprint density at radius 3 is 2.41 bits per heavy atom. The molecule has 0 saturated carbocycles. The van der Waals surface area contributed by atoms with Gasteiger partial charge >= 0.3 is 12.0 Å². The minimum atomic E-state index is -1.09. The lowest BCUT2D eigenvalue weighted by Gasteiger charge is -2.24. The Kier molecular flexibility index (Phi) is 8.02. The first-order valence-corrected chi connectivity index (χ1v) is 9.27. The zero-order valence-electron chi connectivity index (χ0n) is 16.2. The van der Waals surface area contributed by atoms with Crippen molar-refractivity contribution in [1.29, 1.82) is 0 Å². The lowest BCUT2D eigenvalue weighted by atomic mass is 10.0. The molecule has 4 N–H and O–H groups in total. The summed E-state index contributed by atoms with van der Waals surface area (Å²) in [6.07, 6.45) is 0.498. The van der Waals surface area contributed by atoms with E-state index in [0.29, 0.717) is 30.0 Å². The van der Waals surface area contributed by atoms with Gasteiger partial charge in [-0.1, -0.05) is 37.3 Å². The third-order valence-corrected chi connectivity index (χ3v) is 4.11. The molecule has 154 valence electrons. The van der Waals surface area contributed by atoms with E-state index in [1.807, 2.05) is 37.3 Å². The van der Waals surface area contributed by atoms with Crippen molar-refractivity contribution in [2.75, 3.05) is 13.1 Å². The maximum absolute atomic E-state index is 12.6. The lowest BCUT2D eigenvalue weighted by molar-refractivity contribution is -0.144. The van der Waals surface area contributed by atoms with Crippen LogP contribution in [0.15, 0.2) is 54.6 Å². The molecule has 2 rings (SSSR count). The van der Waals surface area contributed by atoms with Crippen molar-refractivity contribution < 1.29 is 24.2 Å². The van der Waals surface area contributed by atoms with Gasteiger partial charge in [0.25, 0.3) is 0 Å². The number of carbonyl (C=O) groups is 3. The minimum absolute atomic E-state index is 0.120. The third kappa shape index (κ3) is 7.17. The van der Waals surface area contributed by atoms with Gasteiger partial charge in [0.2, 0.25) is 5.91 Å². The molecular weight excluding hydrogens is 374 g/mol. The summed E-state index contributed by atoms with van der Waals surface area (Å²) < 4.78 is 5.80. The summed E-state index contributed by atoms with van der Waals surface area (Å²) in [5.74, 6) is -0.295. The summed E-state index contributed by atoms with van der Waals surface area (Å²) in [6.45, 7) is 1.77. The molecule has 0 fully saturated rings. The second-order valence-corrected chi connectivity index (χ2v) is 6.46. The van der Waals surface area contributed by atoms with Crippen molar-refractivity contribution in [3.05, 3.63) is 60.2 Å². The molecule has 0 aliphatic heterocycles. The maximum atomic E-state index is 12.6. The van der Waals surface area contributed by atoms with Gasteiger partial charge in [0.05, 0.1) is 12.5 Å². The standard InChI is InChI=1S/C21H25N3O5/c1-2-11-24(14-20(26)27)19(25)13-18(23-21(22)28)15-7-6-10-17(12-15)29-16-8-4-3-5-9-16/h3-10,12,18H,2,11,13-14H2,1H3,(H,26,27)(H3,22,23,28). The molecule has 0 saturated heterocycles. The first-order chi connectivity index (χ1) is 13.9. The highest BCUT2D eigenvalue weighted by molar-refractivity contribution is 5.82. The normalized spacial score (nSPS) is 11.3. The number of rotatable bonds is 10. The van der Waals surface area contributed by atoms with Gasteiger partial charge in [-0.15, -0.1) is 0 Å². The monoisotopic (exact) mass is 399 g/mol. The van der Waals surface area contributed by atoms with Gasteiger partial charge in [-0.25, -0.2) is 4.79 Å². The highest BCUT2D eigenvalue weighted by atomic mass is 16.5. The molecule has 8 heteroatoms. The van der Waals surface area contributed by atoms with Gasteiger partial charge in [-0.3, -0.25) is 9.59 Å². The number of amides is 3. The molecule has 1 atom stereocenters. The molecule has 3 amide bonds. The van der Waals surface area contributed by atoms with Crippen molar-refractivity contribution in [2.45, 2.75) is 25.8 Å². The highest BCUT2D eigenvalue weighted by Crippen LogP contribution is 2.26. The van der Waals surface area contributed by atoms with E-state index >= 15 is 0 Å². The Morgan fingerprint density at radius 2 is 1.79 bits per heavy atom. The molecule has 29 heavy (non-hydrogen) atoms. The van der Waals surface area contributed by atoms with E-state index in [4.69, 9.17) is 15.6 Å². The van der Waals surface area contributed by atoms with Gasteiger partial charge in [-0.05, 0) is 36.2 Å². The van der Waals surface area contributed by atoms with E-state index in [1.165, 1.54) is 4.90 Å². The number of aliphatic carboxylic acids is 1. The van der Waals surface area contributed by atoms with E-state index < -0.39 is 24.6 Å². The maximum Gasteiger partial charge on any atom is 0.323 e. The van der Waals surface area contributed by atoms with Gasteiger partial charge in [-0.2, -0.15) is 0 Å². The van der Waals surface area contributed by atoms with Crippen LogP contribution in [0.25, 0.3) is 0 Å². The molecule has 2 aromatic rings. The van der Waals surface area contributed by atoms with Gasteiger partial charge in [0, 0.05) is 6.54 Å². The van der Waals surface area contributed by atoms with Gasteiger partial charge < -0.3 is 25.8 Å². The molecule has 0 radical (unpaired) electrons. The highest BCUT2D eigenvalue weighted by Gasteiger charge is 2.23. The van der Waals surface area contributed by atoms with E-state index in [-0.39, 0.29) is 12.3 Å². The number of nitrogens with zero attached hydrogens (tertiary/aromatic N) is 1. The van der Waals surface area contributed by atoms with Crippen LogP contribution in [0, 0.1) is 0 Å². The number of benzene rings is 2. The molecule has 2 aromatic carbocycles. The molecule has 0 spiro atoms. The molecular formula is C21H25N3O5. The fourth-order valence-electron chi connectivity index (χ4n) is 2.87. The fraction of sp³-hybridized carbons (Fsp3) is 0.286. The second kappa shape index (κ2) is 10.7. The fourth-order valence-corrected chi connectivity index (χ4v) is 2.87. The first-order valence-electron chi connectivity index (χ1n) is 9.27. The molecule has 0 bridgehead atoms. The quantitative estimate of drug-likeness (QED) is 0.567. The van der Waals surface area contributed by atoms with Crippen LogP contribution in [0.1, 0.15) is 31.4 Å². The number of urea groups is 1. The second-order valence-electron chi connectivity index (χ2n) is 6.46. The number of nitrogens with one attached hydrogen (secondary N) is 1. The molecule has 0 aliphatic carbocycles. The van der Waals surface area contributed by atoms with Crippen molar-refractivity contribution in [3.8, 4) is 11.5 Å². The number of carboxylic acid groups (broad SMARTS) is 1. The Balaban J connectivity index is 2.20. The summed E-state index contributed by atoms with van der Waals surface area (Å²) in [6, 6.07) is 14.6. The molecule has 8 nitrogen and oxygen atoms in total. The molecule has 0 heterocycles. The van der Waals surface area contributed by atoms with Crippen LogP contribution in [0.4, 0.5) is 4.79 Å². The van der Waals surface area contributed by atoms with E-state index in [9.17, 15) is 14.4 Å². The zero-order valence-corrected chi connectivity index (χ0v) is 16.2. The zero-order chi connectivity index (χ0) is 21.2. The van der Waals surface area contributed by atoms with Crippen molar-refractivity contribution in [3.63, 3.8) is 0 Å². The Labute approximate surface area is 169 Å². The summed E-state index contributed by atoms with van der Waals surface area (Å²) in [7, 11) is 0. The van der Waals surface area contributed by atoms with E-state index in [2.05, 4.69) is 5.32 Å². The predicted molar refractivity (Wildman–Crippen MR) is 108 cm³/mol. The summed E-state index contributed by atoms with van der Waals surface area (Å²) in [5.41, 5.74) is 5.91. The number of hydrogen-bond donors (Lipinski definition) is 3. The SMILES string of the molecule is CCCN(CC(=O)O)C(=O)CC(NC(N)=O)c1cccc(Oc2ccccc2)c1. The number of para-hydroxylation sites is 1. The number of nitrogens with two attached hydrogens (primary N) is 1. The lowest BCUT2D eigenvalue weighted by Crippen LogP contribution is -2.40. The molecule has 0 aromatic heterocycles. The predicted octanol–water partition coefficient (Wildman–Crippen LogP) is 2.90. The summed E-state index contributed by atoms with van der Waals surface area (Å²) >= 11 is 0. The van der Waals surface area contributed by atoms with E-state index in [0.717, 1.165) is 0 Å². The average Bonchev–Trinajstić information content (AvgIpc) is 2.67. The summed E-state index contributed by atoms with van der Waals surface area (Å²) in [5, 5.41) is 11.6. The topological polar surface area (TPSA) is 122 Å². The number of carboxylic acids is 1. The number of carbonyl (C=O) groups excluding carboxylic acids is 2. The Bertz CT molecular complexity index is 841. The van der Waals surface area contributed by atoms with Crippen molar-refractivity contribution >= 4 is 17.9 Å². The smallest absolute Gasteiger partial charge is 0.323 e. The van der Waals surface area contributed by atoms with Crippen LogP contribution in [0.2, 0.25) is 0 Å². The number of primary amides is 1. The van der Waals surface area contributed by atoms with Crippen LogP contribution >= 0.6 is 0 Å². The third-order valence-electron chi connectivity index (χ3n) is 4.11. The van der Waals surface area contributed by atoms with Gasteiger partial charge in [0.15, 0.2) is 0 Å². The first kappa shape index (κ1) is 21.7. The van der Waals surface area contributed by atoms with Crippen LogP contribution < -0.4 is 15.8 Å². The molecule has 0 aliphatic rings. The Morgan fingerprint density at radius 1 is 1.10 bits per heavy atom. The van der Waals surface area contributed by atoms with Crippen LogP contribution in [0.3, 0.4) is 0 Å². The Hall–Kier alpha value is -3.55. The van der Waals surface area contributed by atoms with Crippen LogP contribution in [-0.4, -0.2) is 41.0 Å². The number of ether oxygens (including phenoxy) is 1. The van der Waals surface area contributed by atoms with Crippen LogP contribution in [-0.2, 0) is 9.59 Å². The largest absolute Gasteiger partial charge is 0.480 e. The van der Waals surface area contributed by atoms with Gasteiger partial charge in [0.1, 0.15) is 18.0 Å². The minimum Gasteiger partial charge on any atom is -0.480 e.